The fraction of sp³-hybridized carbons (Fsp3) is 0.200. The van der Waals surface area contributed by atoms with Gasteiger partial charge in [-0.15, -0.1) is 0 Å². The van der Waals surface area contributed by atoms with E-state index >= 15 is 0 Å². The lowest BCUT2D eigenvalue weighted by Gasteiger charge is -2.13. The van der Waals surface area contributed by atoms with Crippen LogP contribution in [0.1, 0.15) is 28.4 Å². The number of amides is 1. The number of methoxy groups -OCH3 is 1. The van der Waals surface area contributed by atoms with Gasteiger partial charge in [-0.25, -0.2) is 4.98 Å². The molecule has 0 aliphatic carbocycles. The molecule has 33 heavy (non-hydrogen) atoms. The topological polar surface area (TPSA) is 95.2 Å². The second-order valence-electron chi connectivity index (χ2n) is 7.51. The molecule has 0 bridgehead atoms. The Kier molecular flexibility index (Phi) is 6.35. The van der Waals surface area contributed by atoms with Gasteiger partial charge in [0.15, 0.2) is 5.65 Å². The third-order valence-corrected chi connectivity index (χ3v) is 5.47. The van der Waals surface area contributed by atoms with Gasteiger partial charge in [0.25, 0.3) is 5.91 Å². The lowest BCUT2D eigenvalue weighted by Crippen LogP contribution is -2.41. The molecule has 1 amide bonds. The van der Waals surface area contributed by atoms with Gasteiger partial charge >= 0.3 is 11.1 Å². The number of benzene rings is 2. The molecule has 8 heteroatoms. The van der Waals surface area contributed by atoms with E-state index in [-0.39, 0.29) is 12.5 Å². The summed E-state index contributed by atoms with van der Waals surface area (Å²) < 4.78 is 7.94. The maximum Gasteiger partial charge on any atom is 0.318 e. The minimum atomic E-state index is -0.599. The van der Waals surface area contributed by atoms with E-state index in [1.54, 1.807) is 56.6 Å². The van der Waals surface area contributed by atoms with Crippen molar-refractivity contribution in [2.24, 2.45) is 0 Å². The van der Waals surface area contributed by atoms with Crippen LogP contribution >= 0.6 is 0 Å². The molecule has 2 aromatic heterocycles. The van der Waals surface area contributed by atoms with Crippen LogP contribution in [0, 0.1) is 0 Å². The highest BCUT2D eigenvalue weighted by Gasteiger charge is 2.13. The number of nitrogens with zero attached hydrogens (tertiary/aromatic N) is 3. The third-order valence-electron chi connectivity index (χ3n) is 5.47. The molecule has 0 fully saturated rings. The summed E-state index contributed by atoms with van der Waals surface area (Å²) in [6.45, 7) is 2.77. The molecule has 0 atom stereocenters. The smallest absolute Gasteiger partial charge is 0.318 e. The van der Waals surface area contributed by atoms with E-state index in [2.05, 4.69) is 10.3 Å². The molecule has 0 unspecified atom stereocenters. The molecule has 2 aromatic carbocycles. The molecule has 0 spiro atoms. The summed E-state index contributed by atoms with van der Waals surface area (Å²) in [5, 5.41) is 2.89. The zero-order chi connectivity index (χ0) is 23.4. The highest BCUT2D eigenvalue weighted by Crippen LogP contribution is 2.13. The quantitative estimate of drug-likeness (QED) is 0.442. The molecule has 0 radical (unpaired) electrons. The number of aromatic nitrogens is 3. The predicted molar refractivity (Wildman–Crippen MR) is 126 cm³/mol. The van der Waals surface area contributed by atoms with E-state index in [4.69, 9.17) is 4.74 Å². The predicted octanol–water partition coefficient (Wildman–Crippen LogP) is 2.56. The molecule has 168 valence electrons. The molecule has 1 N–H and O–H groups in total. The standard InChI is InChI=1S/C25H24N4O4/c1-3-28-22-21(5-4-14-26-22)29(25(32)24(28)31)16-18-6-10-19(11-7-18)23(30)27-15-17-8-12-20(33-2)13-9-17/h4-14H,3,15-16H2,1-2H3,(H,27,30). The Labute approximate surface area is 190 Å². The molecular formula is C25H24N4O4. The second kappa shape index (κ2) is 9.52. The minimum Gasteiger partial charge on any atom is -0.497 e. The van der Waals surface area contributed by atoms with Crippen molar-refractivity contribution in [2.75, 3.05) is 7.11 Å². The molecule has 2 heterocycles. The van der Waals surface area contributed by atoms with Crippen LogP contribution in [0.15, 0.2) is 76.4 Å². The van der Waals surface area contributed by atoms with Crippen LogP contribution < -0.4 is 21.2 Å². The minimum absolute atomic E-state index is 0.199. The summed E-state index contributed by atoms with van der Waals surface area (Å²) >= 11 is 0. The molecule has 8 nitrogen and oxygen atoms in total. The van der Waals surface area contributed by atoms with Crippen molar-refractivity contribution in [3.63, 3.8) is 0 Å². The number of aryl methyl sites for hydroxylation is 1. The maximum atomic E-state index is 12.7. The van der Waals surface area contributed by atoms with Crippen molar-refractivity contribution in [2.45, 2.75) is 26.6 Å². The van der Waals surface area contributed by atoms with Gasteiger partial charge in [-0.2, -0.15) is 0 Å². The van der Waals surface area contributed by atoms with Gasteiger partial charge in [-0.3, -0.25) is 23.5 Å². The molecule has 0 saturated carbocycles. The Bertz CT molecular complexity index is 1400. The van der Waals surface area contributed by atoms with Crippen LogP contribution in [0.2, 0.25) is 0 Å². The van der Waals surface area contributed by atoms with Crippen LogP contribution in [0.5, 0.6) is 5.75 Å². The van der Waals surface area contributed by atoms with Crippen LogP contribution in [0.25, 0.3) is 11.2 Å². The average molecular weight is 444 g/mol. The highest BCUT2D eigenvalue weighted by atomic mass is 16.5. The normalized spacial score (nSPS) is 10.8. The largest absolute Gasteiger partial charge is 0.497 e. The Hall–Kier alpha value is -4.20. The summed E-state index contributed by atoms with van der Waals surface area (Å²) in [5.41, 5.74) is 2.12. The first-order valence-electron chi connectivity index (χ1n) is 10.6. The number of fused-ring (bicyclic) bond motifs is 1. The molecule has 0 aliphatic rings. The highest BCUT2D eigenvalue weighted by molar-refractivity contribution is 5.94. The lowest BCUT2D eigenvalue weighted by atomic mass is 10.1. The number of carbonyl (C=O) groups excluding carboxylic acids is 1. The Morgan fingerprint density at radius 1 is 0.939 bits per heavy atom. The Balaban J connectivity index is 1.51. The number of pyridine rings is 1. The molecule has 0 saturated heterocycles. The van der Waals surface area contributed by atoms with E-state index in [9.17, 15) is 14.4 Å². The first kappa shape index (κ1) is 22.0. The van der Waals surface area contributed by atoms with Gasteiger partial charge in [-0.05, 0) is 54.4 Å². The Morgan fingerprint density at radius 2 is 1.61 bits per heavy atom. The van der Waals surface area contributed by atoms with Crippen molar-refractivity contribution in [3.05, 3.63) is 104 Å². The van der Waals surface area contributed by atoms with Gasteiger partial charge < -0.3 is 10.1 Å². The number of rotatable bonds is 7. The zero-order valence-corrected chi connectivity index (χ0v) is 18.4. The van der Waals surface area contributed by atoms with Crippen LogP contribution in [0.4, 0.5) is 0 Å². The first-order valence-corrected chi connectivity index (χ1v) is 10.6. The second-order valence-corrected chi connectivity index (χ2v) is 7.51. The third kappa shape index (κ3) is 4.55. The lowest BCUT2D eigenvalue weighted by molar-refractivity contribution is 0.0951. The van der Waals surface area contributed by atoms with Gasteiger partial charge in [0, 0.05) is 24.8 Å². The van der Waals surface area contributed by atoms with Gasteiger partial charge in [0.2, 0.25) is 0 Å². The van der Waals surface area contributed by atoms with Crippen LogP contribution in [0.3, 0.4) is 0 Å². The van der Waals surface area contributed by atoms with E-state index in [0.29, 0.717) is 29.8 Å². The number of nitrogens with one attached hydrogen (secondary N) is 1. The summed E-state index contributed by atoms with van der Waals surface area (Å²) in [5.74, 6) is 0.560. The molecule has 0 aliphatic heterocycles. The summed E-state index contributed by atoms with van der Waals surface area (Å²) in [6, 6.07) is 18.0. The van der Waals surface area contributed by atoms with Crippen molar-refractivity contribution >= 4 is 17.1 Å². The monoisotopic (exact) mass is 444 g/mol. The number of carbonyl (C=O) groups is 1. The van der Waals surface area contributed by atoms with E-state index < -0.39 is 11.1 Å². The zero-order valence-electron chi connectivity index (χ0n) is 18.4. The van der Waals surface area contributed by atoms with E-state index in [0.717, 1.165) is 16.9 Å². The van der Waals surface area contributed by atoms with Gasteiger partial charge in [0.05, 0.1) is 19.2 Å². The van der Waals surface area contributed by atoms with E-state index in [1.807, 2.05) is 24.3 Å². The first-order chi connectivity index (χ1) is 16.0. The van der Waals surface area contributed by atoms with Crippen molar-refractivity contribution < 1.29 is 9.53 Å². The maximum absolute atomic E-state index is 12.7. The fourth-order valence-electron chi connectivity index (χ4n) is 3.67. The average Bonchev–Trinajstić information content (AvgIpc) is 2.86. The summed E-state index contributed by atoms with van der Waals surface area (Å²) in [7, 11) is 1.61. The van der Waals surface area contributed by atoms with Crippen molar-refractivity contribution in [3.8, 4) is 5.75 Å². The Morgan fingerprint density at radius 3 is 2.27 bits per heavy atom. The molecule has 4 rings (SSSR count). The summed E-state index contributed by atoms with van der Waals surface area (Å²) in [4.78, 5) is 42.1. The number of hydrogen-bond donors (Lipinski definition) is 1. The van der Waals surface area contributed by atoms with Crippen LogP contribution in [-0.4, -0.2) is 27.1 Å². The summed E-state index contributed by atoms with van der Waals surface area (Å²) in [6.07, 6.45) is 1.60. The van der Waals surface area contributed by atoms with Gasteiger partial charge in [0.1, 0.15) is 5.75 Å². The SMILES string of the molecule is CCn1c(=O)c(=O)n(Cc2ccc(C(=O)NCc3ccc(OC)cc3)cc2)c2cccnc21. The van der Waals surface area contributed by atoms with Gasteiger partial charge in [-0.1, -0.05) is 24.3 Å². The fourth-order valence-corrected chi connectivity index (χ4v) is 3.67. The molecule has 4 aromatic rings. The van der Waals surface area contributed by atoms with E-state index in [1.165, 1.54) is 9.13 Å². The van der Waals surface area contributed by atoms with Crippen molar-refractivity contribution in [1.29, 1.82) is 0 Å². The number of ether oxygens (including phenoxy) is 1. The van der Waals surface area contributed by atoms with Crippen molar-refractivity contribution in [1.82, 2.24) is 19.4 Å². The van der Waals surface area contributed by atoms with Crippen LogP contribution in [-0.2, 0) is 19.6 Å². The molecular weight excluding hydrogens is 420 g/mol. The number of hydrogen-bond acceptors (Lipinski definition) is 5.